The Morgan fingerprint density at radius 1 is 1.48 bits per heavy atom. The molecule has 2 heterocycles. The zero-order chi connectivity index (χ0) is 14.8. The molecule has 1 aliphatic carbocycles. The first-order chi connectivity index (χ1) is 10.3. The maximum atomic E-state index is 12.2. The molecule has 2 aromatic rings. The number of nitrogens with one attached hydrogen (secondary N) is 2. The quantitative estimate of drug-likeness (QED) is 0.832. The smallest absolute Gasteiger partial charge is 0.348 e. The average molecular weight is 305 g/mol. The molecule has 0 bridgehead atoms. The van der Waals surface area contributed by atoms with Crippen molar-refractivity contribution in [2.75, 3.05) is 18.5 Å². The Hall–Kier alpha value is -1.82. The number of nitrogens with zero attached hydrogens (tertiary/aromatic N) is 1. The summed E-state index contributed by atoms with van der Waals surface area (Å²) in [5.74, 6) is -0.216. The van der Waals surface area contributed by atoms with E-state index in [2.05, 4.69) is 22.4 Å². The zero-order valence-electron chi connectivity index (χ0n) is 12.3. The Labute approximate surface area is 127 Å². The van der Waals surface area contributed by atoms with Gasteiger partial charge < -0.3 is 10.1 Å². The van der Waals surface area contributed by atoms with Crippen LogP contribution in [0.4, 0.5) is 5.00 Å². The minimum Gasteiger partial charge on any atom is -0.462 e. The highest BCUT2D eigenvalue weighted by Crippen LogP contribution is 2.45. The Morgan fingerprint density at radius 2 is 2.33 bits per heavy atom. The van der Waals surface area contributed by atoms with Gasteiger partial charge in [-0.2, -0.15) is 5.10 Å². The van der Waals surface area contributed by atoms with Crippen molar-refractivity contribution in [2.24, 2.45) is 0 Å². The lowest BCUT2D eigenvalue weighted by Crippen LogP contribution is -2.09. The van der Waals surface area contributed by atoms with Crippen LogP contribution in [0.5, 0.6) is 0 Å². The molecule has 21 heavy (non-hydrogen) atoms. The van der Waals surface area contributed by atoms with Gasteiger partial charge in [-0.15, -0.1) is 11.3 Å². The second-order valence-electron chi connectivity index (χ2n) is 5.03. The van der Waals surface area contributed by atoms with Crippen molar-refractivity contribution in [3.05, 3.63) is 22.2 Å². The molecule has 0 radical (unpaired) electrons. The van der Waals surface area contributed by atoms with E-state index in [1.165, 1.54) is 16.9 Å². The highest BCUT2D eigenvalue weighted by Gasteiger charge is 2.29. The van der Waals surface area contributed by atoms with Gasteiger partial charge >= 0.3 is 5.97 Å². The predicted octanol–water partition coefficient (Wildman–Crippen LogP) is 3.24. The van der Waals surface area contributed by atoms with Gasteiger partial charge in [0.1, 0.15) is 4.88 Å². The van der Waals surface area contributed by atoms with Crippen LogP contribution < -0.4 is 5.32 Å². The van der Waals surface area contributed by atoms with Gasteiger partial charge in [0.25, 0.3) is 0 Å². The van der Waals surface area contributed by atoms with E-state index in [9.17, 15) is 4.79 Å². The van der Waals surface area contributed by atoms with Gasteiger partial charge in [0.05, 0.1) is 23.5 Å². The number of aromatic nitrogens is 2. The maximum Gasteiger partial charge on any atom is 0.348 e. The largest absolute Gasteiger partial charge is 0.462 e. The van der Waals surface area contributed by atoms with Crippen molar-refractivity contribution in [1.82, 2.24) is 10.2 Å². The van der Waals surface area contributed by atoms with Crippen LogP contribution in [-0.4, -0.2) is 29.3 Å². The lowest BCUT2D eigenvalue weighted by atomic mass is 9.91. The third-order valence-electron chi connectivity index (χ3n) is 3.62. The van der Waals surface area contributed by atoms with Crippen LogP contribution in [0.1, 0.15) is 41.1 Å². The first-order valence-electron chi connectivity index (χ1n) is 7.35. The number of anilines is 1. The van der Waals surface area contributed by atoms with Crippen LogP contribution in [0.15, 0.2) is 6.20 Å². The third-order valence-corrected chi connectivity index (χ3v) is 4.79. The van der Waals surface area contributed by atoms with Crippen molar-refractivity contribution in [1.29, 1.82) is 0 Å². The summed E-state index contributed by atoms with van der Waals surface area (Å²) in [4.78, 5) is 12.9. The third kappa shape index (κ3) is 2.44. The van der Waals surface area contributed by atoms with Gasteiger partial charge in [0, 0.05) is 12.1 Å². The van der Waals surface area contributed by atoms with Gasteiger partial charge in [-0.3, -0.25) is 5.10 Å². The molecule has 6 heteroatoms. The van der Waals surface area contributed by atoms with Crippen molar-refractivity contribution in [3.63, 3.8) is 0 Å². The number of fused-ring (bicyclic) bond motifs is 3. The molecular weight excluding hydrogens is 286 g/mol. The van der Waals surface area contributed by atoms with Gasteiger partial charge in [0.2, 0.25) is 0 Å². The normalized spacial score (nSPS) is 12.7. The van der Waals surface area contributed by atoms with Crippen LogP contribution in [0.2, 0.25) is 0 Å². The lowest BCUT2D eigenvalue weighted by molar-refractivity contribution is 0.0531. The second kappa shape index (κ2) is 5.89. The summed E-state index contributed by atoms with van der Waals surface area (Å²) >= 11 is 1.50. The number of aromatic amines is 1. The van der Waals surface area contributed by atoms with Gasteiger partial charge in [-0.25, -0.2) is 4.79 Å². The van der Waals surface area contributed by atoms with Gasteiger partial charge in [0.15, 0.2) is 0 Å². The molecule has 5 nitrogen and oxygen atoms in total. The molecule has 0 saturated carbocycles. The summed E-state index contributed by atoms with van der Waals surface area (Å²) in [5.41, 5.74) is 4.46. The standard InChI is InChI=1S/C15H19N3O2S/c1-3-7-16-14-11-10(13(21-14)15(19)20-4-2)6-5-9-8-17-18-12(9)11/h8,16H,3-7H2,1-2H3,(H,17,18). The molecule has 0 saturated heterocycles. The average Bonchev–Trinajstić information content (AvgIpc) is 3.09. The van der Waals surface area contributed by atoms with E-state index < -0.39 is 0 Å². The van der Waals surface area contributed by atoms with Crippen molar-refractivity contribution in [3.8, 4) is 11.3 Å². The van der Waals surface area contributed by atoms with E-state index in [1.807, 2.05) is 13.1 Å². The SMILES string of the molecule is CCCNc1sc(C(=O)OCC)c2c1-c1[nH]ncc1CC2. The molecule has 0 unspecified atom stereocenters. The first-order valence-corrected chi connectivity index (χ1v) is 8.17. The minimum absolute atomic E-state index is 0.216. The molecule has 1 aliphatic rings. The number of carbonyl (C=O) groups excluding carboxylic acids is 1. The highest BCUT2D eigenvalue weighted by molar-refractivity contribution is 7.18. The molecule has 0 aromatic carbocycles. The number of ether oxygens (including phenoxy) is 1. The fraction of sp³-hybridized carbons (Fsp3) is 0.467. The number of H-pyrrole nitrogens is 1. The number of hydrogen-bond acceptors (Lipinski definition) is 5. The topological polar surface area (TPSA) is 67.0 Å². The summed E-state index contributed by atoms with van der Waals surface area (Å²) in [6, 6.07) is 0. The van der Waals surface area contributed by atoms with Crippen molar-refractivity contribution in [2.45, 2.75) is 33.1 Å². The zero-order valence-corrected chi connectivity index (χ0v) is 13.1. The summed E-state index contributed by atoms with van der Waals surface area (Å²) < 4.78 is 5.20. The number of rotatable bonds is 5. The number of esters is 1. The molecular formula is C15H19N3O2S. The summed E-state index contributed by atoms with van der Waals surface area (Å²) in [7, 11) is 0. The number of aryl methyl sites for hydroxylation is 1. The molecule has 0 atom stereocenters. The van der Waals surface area contributed by atoms with Crippen LogP contribution >= 0.6 is 11.3 Å². The molecule has 2 N–H and O–H groups in total. The fourth-order valence-electron chi connectivity index (χ4n) is 2.67. The van der Waals surface area contributed by atoms with Crippen LogP contribution in [0, 0.1) is 0 Å². The van der Waals surface area contributed by atoms with E-state index in [1.54, 1.807) is 0 Å². The lowest BCUT2D eigenvalue weighted by Gasteiger charge is -2.14. The van der Waals surface area contributed by atoms with Gasteiger partial charge in [-0.1, -0.05) is 6.92 Å². The van der Waals surface area contributed by atoms with E-state index in [-0.39, 0.29) is 5.97 Å². The Kier molecular flexibility index (Phi) is 3.96. The van der Waals surface area contributed by atoms with Crippen LogP contribution in [-0.2, 0) is 17.6 Å². The number of thiophene rings is 1. The Morgan fingerprint density at radius 3 is 3.10 bits per heavy atom. The molecule has 0 amide bonds. The van der Waals surface area contributed by atoms with Crippen molar-refractivity contribution >= 4 is 22.3 Å². The van der Waals surface area contributed by atoms with Crippen LogP contribution in [0.3, 0.4) is 0 Å². The number of hydrogen-bond donors (Lipinski definition) is 2. The predicted molar refractivity (Wildman–Crippen MR) is 84.0 cm³/mol. The van der Waals surface area contributed by atoms with E-state index in [0.717, 1.165) is 52.5 Å². The molecule has 0 spiro atoms. The maximum absolute atomic E-state index is 12.2. The molecule has 2 aromatic heterocycles. The first kappa shape index (κ1) is 14.1. The Bertz CT molecular complexity index is 660. The summed E-state index contributed by atoms with van der Waals surface area (Å²) in [6.07, 6.45) is 4.69. The van der Waals surface area contributed by atoms with E-state index >= 15 is 0 Å². The second-order valence-corrected chi connectivity index (χ2v) is 6.05. The van der Waals surface area contributed by atoms with Gasteiger partial charge in [-0.05, 0) is 37.3 Å². The Balaban J connectivity index is 2.08. The number of carbonyl (C=O) groups is 1. The molecule has 0 aliphatic heterocycles. The summed E-state index contributed by atoms with van der Waals surface area (Å²) in [6.45, 7) is 5.25. The monoisotopic (exact) mass is 305 g/mol. The molecule has 3 rings (SSSR count). The summed E-state index contributed by atoms with van der Waals surface area (Å²) in [5, 5.41) is 11.7. The molecule has 112 valence electrons. The van der Waals surface area contributed by atoms with Crippen molar-refractivity contribution < 1.29 is 9.53 Å². The minimum atomic E-state index is -0.216. The van der Waals surface area contributed by atoms with E-state index in [4.69, 9.17) is 4.74 Å². The van der Waals surface area contributed by atoms with E-state index in [0.29, 0.717) is 6.61 Å². The highest BCUT2D eigenvalue weighted by atomic mass is 32.1. The fourth-order valence-corrected chi connectivity index (χ4v) is 3.84. The van der Waals surface area contributed by atoms with Crippen LogP contribution in [0.25, 0.3) is 11.3 Å². The molecule has 0 fully saturated rings.